The highest BCUT2D eigenvalue weighted by Crippen LogP contribution is 2.17. The van der Waals surface area contributed by atoms with Gasteiger partial charge in [0, 0.05) is 11.7 Å². The van der Waals surface area contributed by atoms with Crippen molar-refractivity contribution in [3.8, 4) is 0 Å². The Balaban J connectivity index is 3.67. The molecule has 0 aliphatic carbocycles. The summed E-state index contributed by atoms with van der Waals surface area (Å²) in [6, 6.07) is 0. The molecule has 0 radical (unpaired) electrons. The number of thioether (sulfide) groups is 1. The minimum absolute atomic E-state index is 0.0199. The lowest BCUT2D eigenvalue weighted by atomic mass is 10.3. The monoisotopic (exact) mass is 204 g/mol. The number of esters is 1. The van der Waals surface area contributed by atoms with Gasteiger partial charge in [0.2, 0.25) is 0 Å². The van der Waals surface area contributed by atoms with Gasteiger partial charge in [0.1, 0.15) is 0 Å². The fourth-order valence-corrected chi connectivity index (χ4v) is 1.84. The van der Waals surface area contributed by atoms with Crippen molar-refractivity contribution in [1.82, 2.24) is 0 Å². The van der Waals surface area contributed by atoms with Crippen LogP contribution in [0.1, 0.15) is 33.1 Å². The van der Waals surface area contributed by atoms with Crippen molar-refractivity contribution in [2.75, 3.05) is 7.11 Å². The van der Waals surface area contributed by atoms with Crippen molar-refractivity contribution in [3.63, 3.8) is 0 Å². The van der Waals surface area contributed by atoms with Gasteiger partial charge in [-0.25, -0.2) is 0 Å². The van der Waals surface area contributed by atoms with Gasteiger partial charge in [-0.05, 0) is 6.42 Å². The van der Waals surface area contributed by atoms with Crippen LogP contribution in [0.5, 0.6) is 0 Å². The van der Waals surface area contributed by atoms with Gasteiger partial charge in [-0.1, -0.05) is 25.6 Å². The molecule has 0 fully saturated rings. The van der Waals surface area contributed by atoms with Gasteiger partial charge in [-0.3, -0.25) is 9.59 Å². The molecule has 0 saturated heterocycles. The van der Waals surface area contributed by atoms with Crippen LogP contribution in [-0.4, -0.2) is 23.4 Å². The second-order valence-electron chi connectivity index (χ2n) is 2.83. The van der Waals surface area contributed by atoms with E-state index in [0.717, 1.165) is 6.42 Å². The Hall–Kier alpha value is -0.510. The van der Waals surface area contributed by atoms with Gasteiger partial charge in [-0.2, -0.15) is 0 Å². The second-order valence-corrected chi connectivity index (χ2v) is 4.33. The molecule has 1 unspecified atom stereocenters. The van der Waals surface area contributed by atoms with Crippen LogP contribution in [-0.2, 0) is 14.3 Å². The summed E-state index contributed by atoms with van der Waals surface area (Å²) in [7, 11) is 1.35. The van der Waals surface area contributed by atoms with Crippen molar-refractivity contribution >= 4 is 22.8 Å². The number of methoxy groups -OCH3 is 1. The smallest absolute Gasteiger partial charge is 0.306 e. The lowest BCUT2D eigenvalue weighted by Gasteiger charge is -2.07. The van der Waals surface area contributed by atoms with Gasteiger partial charge in [0.25, 0.3) is 0 Å². The zero-order valence-electron chi connectivity index (χ0n) is 8.33. The largest absolute Gasteiger partial charge is 0.469 e. The molecule has 0 heterocycles. The van der Waals surface area contributed by atoms with Crippen molar-refractivity contribution in [3.05, 3.63) is 0 Å². The molecule has 13 heavy (non-hydrogen) atoms. The molecule has 0 aromatic carbocycles. The molecule has 0 saturated carbocycles. The van der Waals surface area contributed by atoms with Crippen molar-refractivity contribution in [2.24, 2.45) is 0 Å². The van der Waals surface area contributed by atoms with Crippen molar-refractivity contribution < 1.29 is 14.3 Å². The Morgan fingerprint density at radius 3 is 2.54 bits per heavy atom. The Morgan fingerprint density at radius 2 is 2.08 bits per heavy atom. The molecule has 4 heteroatoms. The maximum Gasteiger partial charge on any atom is 0.306 e. The third-order valence-corrected chi connectivity index (χ3v) is 2.50. The van der Waals surface area contributed by atoms with Crippen LogP contribution in [0.3, 0.4) is 0 Å². The summed E-state index contributed by atoms with van der Waals surface area (Å²) in [6.07, 6.45) is 1.74. The first-order chi connectivity index (χ1) is 6.10. The summed E-state index contributed by atoms with van der Waals surface area (Å²) < 4.78 is 4.50. The Bertz CT molecular complexity index is 180. The molecule has 0 aromatic rings. The van der Waals surface area contributed by atoms with E-state index in [1.165, 1.54) is 18.9 Å². The van der Waals surface area contributed by atoms with Crippen LogP contribution < -0.4 is 0 Å². The molecule has 0 amide bonds. The van der Waals surface area contributed by atoms with Gasteiger partial charge in [-0.15, -0.1) is 0 Å². The third kappa shape index (κ3) is 6.63. The summed E-state index contributed by atoms with van der Waals surface area (Å²) in [6.45, 7) is 3.82. The summed E-state index contributed by atoms with van der Waals surface area (Å²) in [5, 5.41) is 0.172. The van der Waals surface area contributed by atoms with Gasteiger partial charge >= 0.3 is 5.97 Å². The first kappa shape index (κ1) is 12.5. The maximum atomic E-state index is 11.1. The lowest BCUT2D eigenvalue weighted by Crippen LogP contribution is -2.10. The van der Waals surface area contributed by atoms with E-state index in [9.17, 15) is 9.59 Å². The predicted molar refractivity (Wildman–Crippen MR) is 53.6 cm³/mol. The number of carbonyl (C=O) groups is 2. The van der Waals surface area contributed by atoms with Gasteiger partial charge < -0.3 is 4.74 Å². The normalized spacial score (nSPS) is 12.2. The summed E-state index contributed by atoms with van der Waals surface area (Å²) in [5.41, 5.74) is 0. The summed E-state index contributed by atoms with van der Waals surface area (Å²) in [4.78, 5) is 21.9. The molecule has 3 nitrogen and oxygen atoms in total. The minimum atomic E-state index is -0.260. The van der Waals surface area contributed by atoms with E-state index in [-0.39, 0.29) is 16.3 Å². The van der Waals surface area contributed by atoms with Crippen LogP contribution in [0.2, 0.25) is 0 Å². The molecule has 0 rings (SSSR count). The number of hydrogen-bond acceptors (Lipinski definition) is 4. The first-order valence-electron chi connectivity index (χ1n) is 4.36. The van der Waals surface area contributed by atoms with E-state index in [0.29, 0.717) is 12.8 Å². The van der Waals surface area contributed by atoms with Crippen LogP contribution in [0, 0.1) is 0 Å². The molecule has 0 aliphatic rings. The van der Waals surface area contributed by atoms with Crippen molar-refractivity contribution in [2.45, 2.75) is 38.4 Å². The average Bonchev–Trinajstić information content (AvgIpc) is 2.04. The molecular weight excluding hydrogens is 188 g/mol. The zero-order chi connectivity index (χ0) is 10.3. The standard InChI is InChI=1S/C9H16O3S/c1-4-5-9(11)13-7(2)6-8(10)12-3/h7H,4-6H2,1-3H3. The molecule has 0 N–H and O–H groups in total. The molecule has 1 atom stereocenters. The number of carbonyl (C=O) groups excluding carboxylic acids is 2. The Kier molecular flexibility index (Phi) is 6.68. The van der Waals surface area contributed by atoms with E-state index < -0.39 is 0 Å². The second kappa shape index (κ2) is 6.95. The molecule has 0 aliphatic heterocycles. The molecule has 76 valence electrons. The first-order valence-corrected chi connectivity index (χ1v) is 5.24. The van der Waals surface area contributed by atoms with Gasteiger partial charge in [0.05, 0.1) is 13.5 Å². The fourth-order valence-electron chi connectivity index (χ4n) is 0.847. The van der Waals surface area contributed by atoms with Gasteiger partial charge in [0.15, 0.2) is 5.12 Å². The van der Waals surface area contributed by atoms with E-state index in [2.05, 4.69) is 4.74 Å². The number of hydrogen-bond donors (Lipinski definition) is 0. The molecule has 0 aromatic heterocycles. The van der Waals surface area contributed by atoms with Crippen LogP contribution >= 0.6 is 11.8 Å². The Morgan fingerprint density at radius 1 is 1.46 bits per heavy atom. The maximum absolute atomic E-state index is 11.1. The van der Waals surface area contributed by atoms with E-state index >= 15 is 0 Å². The lowest BCUT2D eigenvalue weighted by molar-refractivity contribution is -0.140. The van der Waals surface area contributed by atoms with Crippen LogP contribution in [0.4, 0.5) is 0 Å². The van der Waals surface area contributed by atoms with E-state index in [4.69, 9.17) is 0 Å². The van der Waals surface area contributed by atoms with E-state index in [1.807, 2.05) is 13.8 Å². The highest BCUT2D eigenvalue weighted by atomic mass is 32.2. The van der Waals surface area contributed by atoms with E-state index in [1.54, 1.807) is 0 Å². The van der Waals surface area contributed by atoms with Crippen molar-refractivity contribution in [1.29, 1.82) is 0 Å². The zero-order valence-corrected chi connectivity index (χ0v) is 9.15. The highest BCUT2D eigenvalue weighted by Gasteiger charge is 2.13. The Labute approximate surface area is 83.2 Å². The topological polar surface area (TPSA) is 43.4 Å². The predicted octanol–water partition coefficient (Wildman–Crippen LogP) is 2.00. The number of ether oxygens (including phenoxy) is 1. The molecule has 0 bridgehead atoms. The SMILES string of the molecule is CCCC(=O)SC(C)CC(=O)OC. The molecule has 0 spiro atoms. The van der Waals surface area contributed by atoms with Crippen LogP contribution in [0.25, 0.3) is 0 Å². The fraction of sp³-hybridized carbons (Fsp3) is 0.778. The third-order valence-electron chi connectivity index (χ3n) is 1.47. The quantitative estimate of drug-likeness (QED) is 0.642. The highest BCUT2D eigenvalue weighted by molar-refractivity contribution is 8.14. The minimum Gasteiger partial charge on any atom is -0.469 e. The average molecular weight is 204 g/mol. The summed E-state index contributed by atoms with van der Waals surface area (Å²) >= 11 is 1.23. The van der Waals surface area contributed by atoms with Crippen LogP contribution in [0.15, 0.2) is 0 Å². The molecular formula is C9H16O3S. The number of rotatable bonds is 5. The summed E-state index contributed by atoms with van der Waals surface area (Å²) in [5.74, 6) is -0.260.